The molecule has 35 heavy (non-hydrogen) atoms. The number of piperidine rings is 1. The van der Waals surface area contributed by atoms with Crippen molar-refractivity contribution in [3.05, 3.63) is 84.4 Å². The van der Waals surface area contributed by atoms with Crippen molar-refractivity contribution in [2.45, 2.75) is 18.6 Å². The Kier molecular flexibility index (Phi) is 7.31. The molecule has 2 unspecified atom stereocenters. The van der Waals surface area contributed by atoms with Crippen LogP contribution in [-0.2, 0) is 4.74 Å². The van der Waals surface area contributed by atoms with E-state index in [9.17, 15) is 4.79 Å². The number of esters is 1. The second-order valence-corrected chi connectivity index (χ2v) is 9.17. The first-order valence-electron chi connectivity index (χ1n) is 12.4. The van der Waals surface area contributed by atoms with E-state index in [-0.39, 0.29) is 18.1 Å². The van der Waals surface area contributed by atoms with E-state index in [1.165, 1.54) is 5.69 Å². The summed E-state index contributed by atoms with van der Waals surface area (Å²) in [4.78, 5) is 17.9. The molecule has 3 aromatic rings. The maximum atomic E-state index is 13.0. The zero-order chi connectivity index (χ0) is 24.0. The maximum Gasteiger partial charge on any atom is 0.338 e. The van der Waals surface area contributed by atoms with Gasteiger partial charge >= 0.3 is 5.97 Å². The van der Waals surface area contributed by atoms with Crippen LogP contribution < -0.4 is 15.0 Å². The van der Waals surface area contributed by atoms with E-state index in [0.29, 0.717) is 5.56 Å². The second-order valence-electron chi connectivity index (χ2n) is 9.17. The van der Waals surface area contributed by atoms with Gasteiger partial charge < -0.3 is 19.7 Å². The average molecular weight is 472 g/mol. The van der Waals surface area contributed by atoms with Gasteiger partial charge in [0.1, 0.15) is 11.9 Å². The van der Waals surface area contributed by atoms with E-state index >= 15 is 0 Å². The fourth-order valence-electron chi connectivity index (χ4n) is 5.06. The number of hydrogen-bond donors (Lipinski definition) is 1. The average Bonchev–Trinajstić information content (AvgIpc) is 2.94. The van der Waals surface area contributed by atoms with E-state index in [1.807, 2.05) is 54.6 Å². The molecule has 5 rings (SSSR count). The monoisotopic (exact) mass is 471 g/mol. The minimum Gasteiger partial charge on any atom is -0.497 e. The summed E-state index contributed by atoms with van der Waals surface area (Å²) in [6.45, 7) is 5.49. The minimum atomic E-state index is -0.238. The molecule has 0 amide bonds. The van der Waals surface area contributed by atoms with Crippen LogP contribution in [0.1, 0.15) is 16.8 Å². The number of nitrogens with one attached hydrogen (secondary N) is 1. The quantitative estimate of drug-likeness (QED) is 0.547. The van der Waals surface area contributed by atoms with E-state index < -0.39 is 0 Å². The molecule has 3 aromatic carbocycles. The third-order valence-corrected chi connectivity index (χ3v) is 7.10. The highest BCUT2D eigenvalue weighted by Gasteiger charge is 2.34. The van der Waals surface area contributed by atoms with Gasteiger partial charge in [-0.1, -0.05) is 42.5 Å². The van der Waals surface area contributed by atoms with Crippen LogP contribution in [0.5, 0.6) is 5.75 Å². The molecule has 0 radical (unpaired) electrons. The summed E-state index contributed by atoms with van der Waals surface area (Å²) >= 11 is 0. The predicted octanol–water partition coefficient (Wildman–Crippen LogP) is 4.07. The molecule has 182 valence electrons. The van der Waals surface area contributed by atoms with Crippen molar-refractivity contribution in [3.63, 3.8) is 0 Å². The lowest BCUT2D eigenvalue weighted by atomic mass is 10.0. The van der Waals surface area contributed by atoms with Crippen LogP contribution in [0, 0.1) is 0 Å². The fourth-order valence-corrected chi connectivity index (χ4v) is 5.06. The largest absolute Gasteiger partial charge is 0.497 e. The number of anilines is 1. The van der Waals surface area contributed by atoms with E-state index in [0.717, 1.165) is 62.6 Å². The van der Waals surface area contributed by atoms with E-state index in [2.05, 4.69) is 39.4 Å². The predicted molar refractivity (Wildman–Crippen MR) is 139 cm³/mol. The molecule has 6 nitrogen and oxygen atoms in total. The Hall–Kier alpha value is -3.35. The Morgan fingerprint density at radius 2 is 1.54 bits per heavy atom. The molecule has 2 atom stereocenters. The normalized spacial score (nSPS) is 20.9. The topological polar surface area (TPSA) is 54.0 Å². The highest BCUT2D eigenvalue weighted by molar-refractivity contribution is 5.90. The van der Waals surface area contributed by atoms with Crippen LogP contribution in [-0.4, -0.2) is 69.4 Å². The molecule has 6 heteroatoms. The molecular weight excluding hydrogens is 438 g/mol. The summed E-state index contributed by atoms with van der Waals surface area (Å²) in [6, 6.07) is 26.3. The van der Waals surface area contributed by atoms with Crippen LogP contribution >= 0.6 is 0 Å². The van der Waals surface area contributed by atoms with Crippen LogP contribution in [0.3, 0.4) is 0 Å². The Bertz CT molecular complexity index is 1090. The highest BCUT2D eigenvalue weighted by Crippen LogP contribution is 2.24. The molecule has 2 saturated heterocycles. The first-order chi connectivity index (χ1) is 17.2. The maximum absolute atomic E-state index is 13.0. The summed E-state index contributed by atoms with van der Waals surface area (Å²) in [6.07, 6.45) is 0.724. The van der Waals surface area contributed by atoms with Crippen molar-refractivity contribution in [2.75, 3.05) is 51.3 Å². The van der Waals surface area contributed by atoms with Gasteiger partial charge in [0.05, 0.1) is 18.7 Å². The molecule has 0 bridgehead atoms. The van der Waals surface area contributed by atoms with E-state index in [1.54, 1.807) is 7.11 Å². The number of nitrogens with zero attached hydrogens (tertiary/aromatic N) is 2. The molecular formula is C29H33N3O3. The zero-order valence-electron chi connectivity index (χ0n) is 20.2. The Morgan fingerprint density at radius 1 is 0.857 bits per heavy atom. The third-order valence-electron chi connectivity index (χ3n) is 7.10. The molecule has 2 aliphatic heterocycles. The molecule has 2 aliphatic rings. The molecule has 2 heterocycles. The smallest absolute Gasteiger partial charge is 0.338 e. The standard InChI is InChI=1S/C29H33N3O3/c1-34-26-13-11-25(12-14-26)31-17-19-32(20-18-31)27-21-30-16-15-28(27)35-29(33)24-9-7-23(8-10-24)22-5-3-2-4-6-22/h2-14,27-28,30H,15-21H2,1H3. The summed E-state index contributed by atoms with van der Waals surface area (Å²) in [5, 5.41) is 3.50. The van der Waals surface area contributed by atoms with Crippen molar-refractivity contribution < 1.29 is 14.3 Å². The van der Waals surface area contributed by atoms with Gasteiger partial charge in [0.25, 0.3) is 0 Å². The Morgan fingerprint density at radius 3 is 2.23 bits per heavy atom. The van der Waals surface area contributed by atoms with Crippen molar-refractivity contribution in [3.8, 4) is 16.9 Å². The van der Waals surface area contributed by atoms with Gasteiger partial charge in [0.15, 0.2) is 0 Å². The lowest BCUT2D eigenvalue weighted by Crippen LogP contribution is -2.60. The van der Waals surface area contributed by atoms with Gasteiger partial charge in [0, 0.05) is 38.4 Å². The molecule has 0 spiro atoms. The molecule has 0 aliphatic carbocycles. The van der Waals surface area contributed by atoms with Crippen LogP contribution in [0.2, 0.25) is 0 Å². The van der Waals surface area contributed by atoms with Crippen LogP contribution in [0.4, 0.5) is 5.69 Å². The zero-order valence-corrected chi connectivity index (χ0v) is 20.2. The van der Waals surface area contributed by atoms with Gasteiger partial charge in [-0.3, -0.25) is 4.90 Å². The molecule has 0 saturated carbocycles. The molecule has 0 aromatic heterocycles. The summed E-state index contributed by atoms with van der Waals surface area (Å²) in [5.74, 6) is 0.637. The Labute approximate surface area is 207 Å². The van der Waals surface area contributed by atoms with Gasteiger partial charge in [-0.25, -0.2) is 4.79 Å². The van der Waals surface area contributed by atoms with Gasteiger partial charge in [-0.15, -0.1) is 0 Å². The van der Waals surface area contributed by atoms with Crippen molar-refractivity contribution in [1.29, 1.82) is 0 Å². The number of methoxy groups -OCH3 is 1. The van der Waals surface area contributed by atoms with E-state index in [4.69, 9.17) is 9.47 Å². The fraction of sp³-hybridized carbons (Fsp3) is 0.345. The number of piperazine rings is 1. The lowest BCUT2D eigenvalue weighted by Gasteiger charge is -2.44. The summed E-state index contributed by atoms with van der Waals surface area (Å²) in [5.41, 5.74) is 4.05. The second kappa shape index (κ2) is 10.9. The van der Waals surface area contributed by atoms with Crippen LogP contribution in [0.15, 0.2) is 78.9 Å². The third kappa shape index (κ3) is 5.50. The minimum absolute atomic E-state index is 0.106. The van der Waals surface area contributed by atoms with Gasteiger partial charge in [-0.2, -0.15) is 0 Å². The number of carbonyl (C=O) groups is 1. The number of benzene rings is 3. The molecule has 2 fully saturated rings. The highest BCUT2D eigenvalue weighted by atomic mass is 16.5. The van der Waals surface area contributed by atoms with Crippen molar-refractivity contribution in [1.82, 2.24) is 10.2 Å². The van der Waals surface area contributed by atoms with Crippen molar-refractivity contribution >= 4 is 11.7 Å². The van der Waals surface area contributed by atoms with Gasteiger partial charge in [0.2, 0.25) is 0 Å². The first kappa shape index (κ1) is 23.4. The summed E-state index contributed by atoms with van der Waals surface area (Å²) in [7, 11) is 1.69. The summed E-state index contributed by atoms with van der Waals surface area (Å²) < 4.78 is 11.4. The van der Waals surface area contributed by atoms with Crippen LogP contribution in [0.25, 0.3) is 11.1 Å². The lowest BCUT2D eigenvalue weighted by molar-refractivity contribution is -0.0141. The number of ether oxygens (including phenoxy) is 2. The van der Waals surface area contributed by atoms with Gasteiger partial charge in [-0.05, 0) is 60.5 Å². The first-order valence-corrected chi connectivity index (χ1v) is 12.4. The Balaban J connectivity index is 1.19. The SMILES string of the molecule is COc1ccc(N2CCN(C3CNCCC3OC(=O)c3ccc(-c4ccccc4)cc3)CC2)cc1. The number of hydrogen-bond acceptors (Lipinski definition) is 6. The van der Waals surface area contributed by atoms with Crippen molar-refractivity contribution in [2.24, 2.45) is 0 Å². The molecule has 1 N–H and O–H groups in total. The number of carbonyl (C=O) groups excluding carboxylic acids is 1. The number of rotatable bonds is 6.